The van der Waals surface area contributed by atoms with Gasteiger partial charge in [0.25, 0.3) is 0 Å². The predicted octanol–water partition coefficient (Wildman–Crippen LogP) is 1.51. The Kier molecular flexibility index (Phi) is 1.88. The molecule has 0 spiro atoms. The highest BCUT2D eigenvalue weighted by molar-refractivity contribution is 5.87. The molecule has 0 unspecified atom stereocenters. The lowest BCUT2D eigenvalue weighted by molar-refractivity contribution is 0.201. The van der Waals surface area contributed by atoms with Gasteiger partial charge in [0.2, 0.25) is 0 Å². The van der Waals surface area contributed by atoms with Crippen LogP contribution >= 0.6 is 0 Å². The number of amides is 1. The first-order valence-corrected chi connectivity index (χ1v) is 4.23. The van der Waals surface area contributed by atoms with Gasteiger partial charge in [-0.25, -0.2) is 4.79 Å². The normalized spacial score (nSPS) is 15.2. The lowest BCUT2D eigenvalue weighted by Crippen LogP contribution is -2.34. The zero-order chi connectivity index (χ0) is 9.26. The number of carboxylic acid groups (broad SMARTS) is 1. The molecular formula is C9H10N2O2. The molecule has 1 amide bonds. The van der Waals surface area contributed by atoms with Crippen molar-refractivity contribution in [2.45, 2.75) is 12.8 Å². The highest BCUT2D eigenvalue weighted by atomic mass is 16.4. The molecule has 13 heavy (non-hydrogen) atoms. The summed E-state index contributed by atoms with van der Waals surface area (Å²) in [4.78, 5) is 16.3. The molecule has 0 saturated carbocycles. The molecule has 1 N–H and O–H groups in total. The lowest BCUT2D eigenvalue weighted by Gasteiger charge is -2.25. The van der Waals surface area contributed by atoms with Gasteiger partial charge in [-0.15, -0.1) is 0 Å². The quantitative estimate of drug-likeness (QED) is 0.655. The summed E-state index contributed by atoms with van der Waals surface area (Å²) in [6, 6.07) is 3.57. The number of anilines is 1. The SMILES string of the molecule is O=C(O)N1CCCc2ncccc21. The molecular weight excluding hydrogens is 168 g/mol. The van der Waals surface area contributed by atoms with Crippen LogP contribution < -0.4 is 4.90 Å². The molecule has 0 fully saturated rings. The van der Waals surface area contributed by atoms with Crippen molar-refractivity contribution in [1.82, 2.24) is 4.98 Å². The lowest BCUT2D eigenvalue weighted by atomic mass is 10.1. The minimum atomic E-state index is -0.894. The summed E-state index contributed by atoms with van der Waals surface area (Å²) in [6.07, 6.45) is 2.54. The Labute approximate surface area is 75.8 Å². The third-order valence-corrected chi connectivity index (χ3v) is 2.18. The average Bonchev–Trinajstić information content (AvgIpc) is 2.17. The molecule has 0 saturated heterocycles. The Hall–Kier alpha value is -1.58. The van der Waals surface area contributed by atoms with Gasteiger partial charge in [-0.2, -0.15) is 0 Å². The second-order valence-corrected chi connectivity index (χ2v) is 3.01. The highest BCUT2D eigenvalue weighted by Gasteiger charge is 2.21. The van der Waals surface area contributed by atoms with Crippen molar-refractivity contribution >= 4 is 11.8 Å². The van der Waals surface area contributed by atoms with Crippen LogP contribution in [-0.4, -0.2) is 22.7 Å². The van der Waals surface area contributed by atoms with Crippen molar-refractivity contribution in [2.75, 3.05) is 11.4 Å². The van der Waals surface area contributed by atoms with Crippen molar-refractivity contribution in [3.05, 3.63) is 24.0 Å². The maximum Gasteiger partial charge on any atom is 0.411 e. The van der Waals surface area contributed by atoms with E-state index >= 15 is 0 Å². The number of fused-ring (bicyclic) bond motifs is 1. The summed E-state index contributed by atoms with van der Waals surface area (Å²) in [5, 5.41) is 8.88. The molecule has 4 nitrogen and oxygen atoms in total. The summed E-state index contributed by atoms with van der Waals surface area (Å²) < 4.78 is 0. The summed E-state index contributed by atoms with van der Waals surface area (Å²) in [5.41, 5.74) is 1.62. The summed E-state index contributed by atoms with van der Waals surface area (Å²) in [7, 11) is 0. The molecule has 1 aliphatic rings. The molecule has 2 heterocycles. The fraction of sp³-hybridized carbons (Fsp3) is 0.333. The van der Waals surface area contributed by atoms with Crippen molar-refractivity contribution in [3.63, 3.8) is 0 Å². The molecule has 68 valence electrons. The fourth-order valence-corrected chi connectivity index (χ4v) is 1.59. The van der Waals surface area contributed by atoms with Crippen molar-refractivity contribution < 1.29 is 9.90 Å². The maximum absolute atomic E-state index is 10.8. The Morgan fingerprint density at radius 3 is 3.23 bits per heavy atom. The molecule has 4 heteroatoms. The van der Waals surface area contributed by atoms with E-state index in [0.29, 0.717) is 6.54 Å². The van der Waals surface area contributed by atoms with E-state index in [9.17, 15) is 4.79 Å². The van der Waals surface area contributed by atoms with E-state index in [1.807, 2.05) is 0 Å². The zero-order valence-electron chi connectivity index (χ0n) is 7.10. The summed E-state index contributed by atoms with van der Waals surface area (Å²) >= 11 is 0. The number of aryl methyl sites for hydroxylation is 1. The largest absolute Gasteiger partial charge is 0.465 e. The smallest absolute Gasteiger partial charge is 0.411 e. The van der Waals surface area contributed by atoms with Crippen LogP contribution in [0.1, 0.15) is 12.1 Å². The Balaban J connectivity index is 2.42. The van der Waals surface area contributed by atoms with E-state index in [-0.39, 0.29) is 0 Å². The molecule has 1 aromatic heterocycles. The first-order valence-electron chi connectivity index (χ1n) is 4.23. The van der Waals surface area contributed by atoms with Gasteiger partial charge in [-0.1, -0.05) is 0 Å². The topological polar surface area (TPSA) is 53.4 Å². The summed E-state index contributed by atoms with van der Waals surface area (Å²) in [6.45, 7) is 0.577. The van der Waals surface area contributed by atoms with Crippen LogP contribution in [0.2, 0.25) is 0 Å². The Morgan fingerprint density at radius 2 is 2.46 bits per heavy atom. The number of hydrogen-bond donors (Lipinski definition) is 1. The number of aromatic nitrogens is 1. The number of pyridine rings is 1. The second-order valence-electron chi connectivity index (χ2n) is 3.01. The number of rotatable bonds is 0. The molecule has 0 atom stereocenters. The monoisotopic (exact) mass is 178 g/mol. The van der Waals surface area contributed by atoms with Gasteiger partial charge in [0.1, 0.15) is 0 Å². The standard InChI is InChI=1S/C9H10N2O2/c12-9(13)11-6-2-3-7-8(11)4-1-5-10-7/h1,4-5H,2-3,6H2,(H,12,13). The number of carbonyl (C=O) groups is 1. The predicted molar refractivity (Wildman–Crippen MR) is 47.9 cm³/mol. The van der Waals surface area contributed by atoms with Crippen LogP contribution in [-0.2, 0) is 6.42 Å². The van der Waals surface area contributed by atoms with Crippen LogP contribution in [0, 0.1) is 0 Å². The minimum absolute atomic E-state index is 0.577. The molecule has 0 radical (unpaired) electrons. The molecule has 1 aromatic rings. The average molecular weight is 178 g/mol. The second kappa shape index (κ2) is 3.05. The van der Waals surface area contributed by atoms with Gasteiger partial charge in [-0.3, -0.25) is 9.88 Å². The molecule has 0 aromatic carbocycles. The van der Waals surface area contributed by atoms with Crippen LogP contribution in [0.4, 0.5) is 10.5 Å². The maximum atomic E-state index is 10.8. The zero-order valence-corrected chi connectivity index (χ0v) is 7.10. The van der Waals surface area contributed by atoms with Crippen molar-refractivity contribution in [3.8, 4) is 0 Å². The van der Waals surface area contributed by atoms with Crippen LogP contribution in [0.3, 0.4) is 0 Å². The highest BCUT2D eigenvalue weighted by Crippen LogP contribution is 2.24. The van der Waals surface area contributed by atoms with Gasteiger partial charge >= 0.3 is 6.09 Å². The van der Waals surface area contributed by atoms with Crippen LogP contribution in [0.5, 0.6) is 0 Å². The van der Waals surface area contributed by atoms with E-state index in [1.54, 1.807) is 18.3 Å². The van der Waals surface area contributed by atoms with E-state index in [4.69, 9.17) is 5.11 Å². The van der Waals surface area contributed by atoms with Crippen LogP contribution in [0.25, 0.3) is 0 Å². The fourth-order valence-electron chi connectivity index (χ4n) is 1.59. The van der Waals surface area contributed by atoms with Crippen molar-refractivity contribution in [2.24, 2.45) is 0 Å². The minimum Gasteiger partial charge on any atom is -0.465 e. The van der Waals surface area contributed by atoms with Gasteiger partial charge in [0.05, 0.1) is 11.4 Å². The van der Waals surface area contributed by atoms with E-state index in [1.165, 1.54) is 4.90 Å². The van der Waals surface area contributed by atoms with Crippen molar-refractivity contribution in [1.29, 1.82) is 0 Å². The number of nitrogens with zero attached hydrogens (tertiary/aromatic N) is 2. The summed E-state index contributed by atoms with van der Waals surface area (Å²) in [5.74, 6) is 0. The van der Waals surface area contributed by atoms with E-state index in [2.05, 4.69) is 4.98 Å². The third kappa shape index (κ3) is 1.35. The number of hydrogen-bond acceptors (Lipinski definition) is 2. The Bertz CT molecular complexity index is 338. The molecule has 1 aliphatic heterocycles. The first-order chi connectivity index (χ1) is 6.29. The van der Waals surface area contributed by atoms with Gasteiger partial charge in [0.15, 0.2) is 0 Å². The van der Waals surface area contributed by atoms with Gasteiger partial charge < -0.3 is 5.11 Å². The van der Waals surface area contributed by atoms with Crippen LogP contribution in [0.15, 0.2) is 18.3 Å². The molecule has 2 rings (SSSR count). The van der Waals surface area contributed by atoms with Gasteiger partial charge in [-0.05, 0) is 25.0 Å². The van der Waals surface area contributed by atoms with E-state index in [0.717, 1.165) is 24.2 Å². The Morgan fingerprint density at radius 1 is 1.62 bits per heavy atom. The van der Waals surface area contributed by atoms with Gasteiger partial charge in [0, 0.05) is 12.7 Å². The molecule has 0 aliphatic carbocycles. The molecule has 0 bridgehead atoms. The van der Waals surface area contributed by atoms with E-state index < -0.39 is 6.09 Å². The third-order valence-electron chi connectivity index (χ3n) is 2.18. The first kappa shape index (κ1) is 8.04.